The lowest BCUT2D eigenvalue weighted by molar-refractivity contribution is -0.275. The average molecular weight is 534 g/mol. The zero-order valence-electron chi connectivity index (χ0n) is 19.3. The molecule has 0 unspecified atom stereocenters. The van der Waals surface area contributed by atoms with Crippen LogP contribution in [-0.4, -0.2) is 46.5 Å². The van der Waals surface area contributed by atoms with Gasteiger partial charge in [0.05, 0.1) is 28.0 Å². The maximum Gasteiger partial charge on any atom is 0.573 e. The number of ether oxygens (including phenoxy) is 1. The zero-order valence-corrected chi connectivity index (χ0v) is 20.9. The van der Waals surface area contributed by atoms with Crippen molar-refractivity contribution >= 4 is 26.3 Å². The van der Waals surface area contributed by atoms with Crippen molar-refractivity contribution in [2.45, 2.75) is 75.5 Å². The second kappa shape index (κ2) is 9.04. The minimum Gasteiger partial charge on any atom is -0.404 e. The lowest BCUT2D eigenvalue weighted by atomic mass is 9.94. The van der Waals surface area contributed by atoms with Gasteiger partial charge in [0.25, 0.3) is 0 Å². The Hall–Kier alpha value is -2.19. The summed E-state index contributed by atoms with van der Waals surface area (Å²) < 4.78 is 73.8. The van der Waals surface area contributed by atoms with Crippen LogP contribution in [-0.2, 0) is 15.6 Å². The molecule has 0 radical (unpaired) electrons. The van der Waals surface area contributed by atoms with Gasteiger partial charge in [0.15, 0.2) is 4.96 Å². The van der Waals surface area contributed by atoms with Crippen LogP contribution in [0.25, 0.3) is 16.2 Å². The Morgan fingerprint density at radius 1 is 1.20 bits per heavy atom. The number of alkyl halides is 3. The number of aromatic nitrogens is 2. The van der Waals surface area contributed by atoms with Crippen LogP contribution in [0, 0.1) is 6.92 Å². The second-order valence-corrected chi connectivity index (χ2v) is 11.9. The molecule has 13 heteroatoms. The Morgan fingerprint density at radius 2 is 1.86 bits per heavy atom. The number of thiazole rings is 1. The quantitative estimate of drug-likeness (QED) is 0.440. The first-order valence-electron chi connectivity index (χ1n) is 11.0. The zero-order chi connectivity index (χ0) is 25.8. The Kier molecular flexibility index (Phi) is 6.68. The molecule has 0 amide bonds. The first kappa shape index (κ1) is 25.9. The Labute approximate surface area is 204 Å². The molecule has 0 spiro atoms. The number of benzene rings is 1. The highest BCUT2D eigenvalue weighted by atomic mass is 32.2. The van der Waals surface area contributed by atoms with E-state index in [1.807, 2.05) is 0 Å². The average Bonchev–Trinajstić information content (AvgIpc) is 3.26. The molecule has 4 rings (SSSR count). The smallest absolute Gasteiger partial charge is 0.404 e. The summed E-state index contributed by atoms with van der Waals surface area (Å²) in [5, 5.41) is 20.0. The van der Waals surface area contributed by atoms with Crippen molar-refractivity contribution in [3.05, 3.63) is 35.0 Å². The van der Waals surface area contributed by atoms with Crippen molar-refractivity contribution in [3.63, 3.8) is 0 Å². The van der Waals surface area contributed by atoms with Crippen LogP contribution in [0.1, 0.15) is 50.1 Å². The highest BCUT2D eigenvalue weighted by Gasteiger charge is 2.35. The topological polar surface area (TPSA) is 113 Å². The molecule has 1 saturated carbocycles. The van der Waals surface area contributed by atoms with Crippen molar-refractivity contribution in [2.24, 2.45) is 0 Å². The second-order valence-electron chi connectivity index (χ2n) is 9.19. The predicted molar refractivity (Wildman–Crippen MR) is 124 cm³/mol. The number of hydrogen-bond acceptors (Lipinski definition) is 7. The lowest BCUT2D eigenvalue weighted by Crippen LogP contribution is -2.38. The van der Waals surface area contributed by atoms with Gasteiger partial charge in [0, 0.05) is 17.8 Å². The van der Waals surface area contributed by atoms with Crippen LogP contribution in [0.5, 0.6) is 5.75 Å². The summed E-state index contributed by atoms with van der Waals surface area (Å²) in [4.78, 5) is 4.99. The third kappa shape index (κ3) is 5.64. The maximum absolute atomic E-state index is 13.2. The van der Waals surface area contributed by atoms with Gasteiger partial charge in [0.1, 0.15) is 10.6 Å². The molecule has 1 aromatic carbocycles. The highest BCUT2D eigenvalue weighted by molar-refractivity contribution is 7.89. The van der Waals surface area contributed by atoms with Gasteiger partial charge in [-0.1, -0.05) is 11.3 Å². The summed E-state index contributed by atoms with van der Waals surface area (Å²) in [5.74, 6) is -0.842. The normalized spacial score (nSPS) is 19.9. The van der Waals surface area contributed by atoms with Crippen LogP contribution in [0.15, 0.2) is 29.3 Å². The molecular weight excluding hydrogens is 507 g/mol. The third-order valence-corrected chi connectivity index (χ3v) is 8.69. The van der Waals surface area contributed by atoms with E-state index in [1.54, 1.807) is 31.4 Å². The summed E-state index contributed by atoms with van der Waals surface area (Å²) >= 11 is 1.26. The van der Waals surface area contributed by atoms with Gasteiger partial charge in [-0.15, -0.1) is 13.2 Å². The first-order chi connectivity index (χ1) is 16.1. The van der Waals surface area contributed by atoms with E-state index in [4.69, 9.17) is 0 Å². The van der Waals surface area contributed by atoms with Gasteiger partial charge in [-0.05, 0) is 64.7 Å². The van der Waals surface area contributed by atoms with Gasteiger partial charge in [-0.2, -0.15) is 0 Å². The monoisotopic (exact) mass is 533 g/mol. The van der Waals surface area contributed by atoms with Crippen LogP contribution < -0.4 is 9.46 Å². The van der Waals surface area contributed by atoms with Crippen LogP contribution in [0.3, 0.4) is 0 Å². The molecule has 35 heavy (non-hydrogen) atoms. The first-order valence-corrected chi connectivity index (χ1v) is 13.3. The van der Waals surface area contributed by atoms with E-state index in [0.29, 0.717) is 52.5 Å². The number of aliphatic hydroxyl groups excluding tert-OH is 1. The number of aryl methyl sites for hydroxylation is 1. The molecule has 0 saturated heterocycles. The molecule has 2 aromatic heterocycles. The number of hydrogen-bond donors (Lipinski definition) is 3. The van der Waals surface area contributed by atoms with E-state index in [9.17, 15) is 31.8 Å². The molecule has 192 valence electrons. The summed E-state index contributed by atoms with van der Waals surface area (Å²) in [6, 6.07) is 2.94. The van der Waals surface area contributed by atoms with Gasteiger partial charge >= 0.3 is 6.36 Å². The molecule has 3 aromatic rings. The fraction of sp³-hybridized carbons (Fsp3) is 0.500. The number of aliphatic hydroxyl groups is 2. The van der Waals surface area contributed by atoms with Crippen molar-refractivity contribution < 1.29 is 36.5 Å². The number of nitrogens with one attached hydrogen (secondary N) is 1. The SMILES string of the molecule is Cc1nc2sc(C(C)(C)O)cn2c1-c1ccc(OC(F)(F)F)c(S(=O)(=O)N[C@H]2CC[C@@H](O)CC2)c1. The molecule has 1 aliphatic carbocycles. The summed E-state index contributed by atoms with van der Waals surface area (Å²) in [6.45, 7) is 4.95. The van der Waals surface area contributed by atoms with Gasteiger partial charge < -0.3 is 14.9 Å². The molecule has 0 aliphatic heterocycles. The standard InChI is InChI=1S/C22H26F3N3O5S2/c1-12-19(28-11-18(21(2,3)30)34-20(28)26-12)13-4-9-16(33-22(23,24)25)17(10-13)35(31,32)27-14-5-7-15(29)8-6-14/h4,9-11,14-15,27,29-30H,5-8H2,1-3H3/t14-,15+. The summed E-state index contributed by atoms with van der Waals surface area (Å²) in [6.07, 6.45) is -2.40. The van der Waals surface area contributed by atoms with Crippen molar-refractivity contribution in [2.75, 3.05) is 0 Å². The van der Waals surface area contributed by atoms with Gasteiger partial charge in [-0.25, -0.2) is 18.1 Å². The van der Waals surface area contributed by atoms with Crippen molar-refractivity contribution in [1.82, 2.24) is 14.1 Å². The highest BCUT2D eigenvalue weighted by Crippen LogP contribution is 2.37. The van der Waals surface area contributed by atoms with Crippen LogP contribution in [0.2, 0.25) is 0 Å². The largest absolute Gasteiger partial charge is 0.573 e. The van der Waals surface area contributed by atoms with Crippen molar-refractivity contribution in [3.8, 4) is 17.0 Å². The Balaban J connectivity index is 1.80. The number of halogens is 3. The Morgan fingerprint density at radius 3 is 2.46 bits per heavy atom. The molecule has 8 nitrogen and oxygen atoms in total. The van der Waals surface area contributed by atoms with E-state index in [0.717, 1.165) is 12.1 Å². The van der Waals surface area contributed by atoms with E-state index in [1.165, 1.54) is 17.4 Å². The maximum atomic E-state index is 13.2. The minimum absolute atomic E-state index is 0.323. The number of rotatable bonds is 6. The van der Waals surface area contributed by atoms with Crippen LogP contribution >= 0.6 is 11.3 Å². The number of sulfonamides is 1. The number of imidazole rings is 1. The van der Waals surface area contributed by atoms with E-state index in [-0.39, 0.29) is 0 Å². The minimum atomic E-state index is -5.09. The predicted octanol–water partition coefficient (Wildman–Crippen LogP) is 4.08. The molecule has 0 bridgehead atoms. The number of fused-ring (bicyclic) bond motifs is 1. The molecular formula is C22H26F3N3O5S2. The number of nitrogens with zero attached hydrogens (tertiary/aromatic N) is 2. The lowest BCUT2D eigenvalue weighted by Gasteiger charge is -2.26. The molecule has 0 atom stereocenters. The van der Waals surface area contributed by atoms with Gasteiger partial charge in [0.2, 0.25) is 10.0 Å². The molecule has 3 N–H and O–H groups in total. The van der Waals surface area contributed by atoms with Gasteiger partial charge in [-0.3, -0.25) is 4.40 Å². The summed E-state index contributed by atoms with van der Waals surface area (Å²) in [5.41, 5.74) is 0.222. The van der Waals surface area contributed by atoms with E-state index < -0.39 is 44.8 Å². The van der Waals surface area contributed by atoms with Crippen molar-refractivity contribution in [1.29, 1.82) is 0 Å². The molecule has 1 fully saturated rings. The summed E-state index contributed by atoms with van der Waals surface area (Å²) in [7, 11) is -4.40. The van der Waals surface area contributed by atoms with E-state index >= 15 is 0 Å². The van der Waals surface area contributed by atoms with Crippen LogP contribution in [0.4, 0.5) is 13.2 Å². The fourth-order valence-electron chi connectivity index (χ4n) is 4.14. The molecule has 2 heterocycles. The fourth-order valence-corrected chi connectivity index (χ4v) is 6.62. The van der Waals surface area contributed by atoms with E-state index in [2.05, 4.69) is 14.4 Å². The molecule has 1 aliphatic rings. The Bertz CT molecular complexity index is 1330. The third-order valence-electron chi connectivity index (χ3n) is 5.85.